The molecule has 1 aromatic carbocycles. The average molecular weight is 326 g/mol. The quantitative estimate of drug-likeness (QED) is 0.646. The third-order valence-corrected chi connectivity index (χ3v) is 7.04. The maximum atomic E-state index is 6.05. The van der Waals surface area contributed by atoms with E-state index in [-0.39, 0.29) is 0 Å². The summed E-state index contributed by atoms with van der Waals surface area (Å²) >= 11 is 0. The van der Waals surface area contributed by atoms with E-state index < -0.39 is 0 Å². The van der Waals surface area contributed by atoms with Crippen LogP contribution in [0.15, 0.2) is 35.4 Å². The Morgan fingerprint density at radius 1 is 1.21 bits per heavy atom. The van der Waals surface area contributed by atoms with E-state index in [1.165, 1.54) is 38.9 Å². The van der Waals surface area contributed by atoms with E-state index in [0.29, 0.717) is 11.5 Å². The average Bonchev–Trinajstić information content (AvgIpc) is 2.54. The standard InChI is InChI=1S/C21H31N3/c1-14-20-15(12-17(20)21(14,2)3)13-24-10-8-16(9-11-24)23-19-7-5-4-6-18(19)22/h4-7,14,16-17,23H,8-13,22H2,1-3H3/t14-,17-/m1/s1. The molecule has 0 aromatic heterocycles. The Balaban J connectivity index is 1.29. The number of nitrogens with one attached hydrogen (secondary N) is 1. The summed E-state index contributed by atoms with van der Waals surface area (Å²) in [5, 5.41) is 3.63. The highest BCUT2D eigenvalue weighted by atomic mass is 15.1. The van der Waals surface area contributed by atoms with Crippen LogP contribution in [0.3, 0.4) is 0 Å². The zero-order chi connectivity index (χ0) is 16.9. The van der Waals surface area contributed by atoms with Crippen molar-refractivity contribution in [3.8, 4) is 0 Å². The van der Waals surface area contributed by atoms with Gasteiger partial charge in [-0.3, -0.25) is 4.90 Å². The number of rotatable bonds is 4. The Hall–Kier alpha value is -1.48. The Bertz CT molecular complexity index is 653. The van der Waals surface area contributed by atoms with Crippen LogP contribution in [-0.2, 0) is 0 Å². The van der Waals surface area contributed by atoms with Gasteiger partial charge in [-0.1, -0.05) is 44.1 Å². The second kappa shape index (κ2) is 5.80. The second-order valence-corrected chi connectivity index (χ2v) is 8.64. The monoisotopic (exact) mass is 325 g/mol. The summed E-state index contributed by atoms with van der Waals surface area (Å²) in [5.41, 5.74) is 12.1. The van der Waals surface area contributed by atoms with Crippen molar-refractivity contribution in [2.75, 3.05) is 30.7 Å². The Labute approximate surface area is 146 Å². The zero-order valence-electron chi connectivity index (χ0n) is 15.3. The lowest BCUT2D eigenvalue weighted by molar-refractivity contribution is 0.0406. The van der Waals surface area contributed by atoms with Crippen LogP contribution in [0.5, 0.6) is 0 Å². The number of benzene rings is 1. The minimum Gasteiger partial charge on any atom is -0.397 e. The Kier molecular flexibility index (Phi) is 3.87. The fourth-order valence-electron chi connectivity index (χ4n) is 4.98. The molecule has 0 unspecified atom stereocenters. The van der Waals surface area contributed by atoms with Gasteiger partial charge in [-0.15, -0.1) is 0 Å². The van der Waals surface area contributed by atoms with E-state index in [0.717, 1.165) is 23.2 Å². The van der Waals surface area contributed by atoms with Crippen LogP contribution in [0, 0.1) is 17.3 Å². The number of hydrogen-bond donors (Lipinski definition) is 2. The molecule has 24 heavy (non-hydrogen) atoms. The van der Waals surface area contributed by atoms with Gasteiger partial charge in [0.15, 0.2) is 0 Å². The molecule has 3 aliphatic rings. The molecule has 130 valence electrons. The topological polar surface area (TPSA) is 41.3 Å². The molecule has 0 radical (unpaired) electrons. The molecular formula is C21H31N3. The van der Waals surface area contributed by atoms with Crippen molar-refractivity contribution in [2.24, 2.45) is 17.3 Å². The molecule has 0 bridgehead atoms. The van der Waals surface area contributed by atoms with Crippen LogP contribution in [0.2, 0.25) is 0 Å². The number of hydrogen-bond acceptors (Lipinski definition) is 3. The van der Waals surface area contributed by atoms with Crippen molar-refractivity contribution in [2.45, 2.75) is 46.1 Å². The van der Waals surface area contributed by atoms with E-state index in [9.17, 15) is 0 Å². The molecule has 4 rings (SSSR count). The van der Waals surface area contributed by atoms with Gasteiger partial charge in [-0.25, -0.2) is 0 Å². The highest BCUT2D eigenvalue weighted by Gasteiger charge is 2.55. The third kappa shape index (κ3) is 2.54. The van der Waals surface area contributed by atoms with Crippen LogP contribution >= 0.6 is 0 Å². The van der Waals surface area contributed by atoms with Crippen LogP contribution in [0.4, 0.5) is 11.4 Å². The summed E-state index contributed by atoms with van der Waals surface area (Å²) in [6.07, 6.45) is 3.77. The first kappa shape index (κ1) is 16.0. The zero-order valence-corrected chi connectivity index (χ0v) is 15.3. The normalized spacial score (nSPS) is 29.6. The molecule has 2 fully saturated rings. The predicted molar refractivity (Wildman–Crippen MR) is 102 cm³/mol. The van der Waals surface area contributed by atoms with E-state index in [4.69, 9.17) is 5.73 Å². The van der Waals surface area contributed by atoms with E-state index >= 15 is 0 Å². The molecule has 1 saturated carbocycles. The smallest absolute Gasteiger partial charge is 0.0576 e. The van der Waals surface area contributed by atoms with Crippen LogP contribution in [-0.4, -0.2) is 30.6 Å². The van der Waals surface area contributed by atoms with Crippen LogP contribution in [0.25, 0.3) is 0 Å². The minimum atomic E-state index is 0.547. The van der Waals surface area contributed by atoms with Gasteiger partial charge in [0.1, 0.15) is 0 Å². The number of piperidine rings is 1. The molecule has 0 spiro atoms. The molecule has 3 N–H and O–H groups in total. The van der Waals surface area contributed by atoms with E-state index in [1.807, 2.05) is 12.1 Å². The highest BCUT2D eigenvalue weighted by molar-refractivity contribution is 5.66. The molecule has 1 heterocycles. The molecule has 3 nitrogen and oxygen atoms in total. The van der Waals surface area contributed by atoms with Crippen molar-refractivity contribution in [1.29, 1.82) is 0 Å². The van der Waals surface area contributed by atoms with Gasteiger partial charge in [-0.05, 0) is 48.6 Å². The first-order valence-corrected chi connectivity index (χ1v) is 9.52. The summed E-state index contributed by atoms with van der Waals surface area (Å²) in [6.45, 7) is 10.9. The number of likely N-dealkylation sites (tertiary alicyclic amines) is 1. The maximum absolute atomic E-state index is 6.05. The molecule has 1 aliphatic heterocycles. The summed E-state index contributed by atoms with van der Waals surface area (Å²) in [6, 6.07) is 8.66. The maximum Gasteiger partial charge on any atom is 0.0576 e. The lowest BCUT2D eigenvalue weighted by Crippen LogP contribution is -2.53. The summed E-state index contributed by atoms with van der Waals surface area (Å²) in [5.74, 6) is 1.69. The predicted octanol–water partition coefficient (Wildman–Crippen LogP) is 4.14. The van der Waals surface area contributed by atoms with Gasteiger partial charge >= 0.3 is 0 Å². The van der Waals surface area contributed by atoms with Crippen molar-refractivity contribution < 1.29 is 0 Å². The number of nitrogen functional groups attached to an aromatic ring is 1. The largest absolute Gasteiger partial charge is 0.397 e. The molecule has 1 aromatic rings. The lowest BCUT2D eigenvalue weighted by Gasteiger charge is -2.61. The summed E-state index contributed by atoms with van der Waals surface area (Å²) in [7, 11) is 0. The highest BCUT2D eigenvalue weighted by Crippen LogP contribution is 2.64. The van der Waals surface area contributed by atoms with Crippen molar-refractivity contribution >= 4 is 11.4 Å². The van der Waals surface area contributed by atoms with Gasteiger partial charge in [-0.2, -0.15) is 0 Å². The number of para-hydroxylation sites is 2. The Morgan fingerprint density at radius 3 is 2.58 bits per heavy atom. The van der Waals surface area contributed by atoms with Crippen molar-refractivity contribution in [3.05, 3.63) is 35.4 Å². The van der Waals surface area contributed by atoms with Crippen molar-refractivity contribution in [1.82, 2.24) is 4.90 Å². The summed E-state index contributed by atoms with van der Waals surface area (Å²) in [4.78, 5) is 2.66. The van der Waals surface area contributed by atoms with Crippen LogP contribution in [0.1, 0.15) is 40.0 Å². The molecular weight excluding hydrogens is 294 g/mol. The Morgan fingerprint density at radius 2 is 1.92 bits per heavy atom. The van der Waals surface area contributed by atoms with E-state index in [2.05, 4.69) is 43.1 Å². The SMILES string of the molecule is C[C@@H]1C2=C(CN3CCC(Nc4ccccc4N)CC3)C[C@H]2C1(C)C. The first-order valence-electron chi connectivity index (χ1n) is 9.52. The van der Waals surface area contributed by atoms with Gasteiger partial charge in [0.25, 0.3) is 0 Å². The third-order valence-electron chi connectivity index (χ3n) is 7.04. The minimum absolute atomic E-state index is 0.547. The second-order valence-electron chi connectivity index (χ2n) is 8.64. The van der Waals surface area contributed by atoms with Crippen molar-refractivity contribution in [3.63, 3.8) is 0 Å². The number of anilines is 2. The summed E-state index contributed by atoms with van der Waals surface area (Å²) < 4.78 is 0. The molecule has 3 heteroatoms. The first-order chi connectivity index (χ1) is 11.5. The molecule has 2 atom stereocenters. The number of nitrogens with zero attached hydrogens (tertiary/aromatic N) is 1. The number of fused-ring (bicyclic) bond motifs is 1. The van der Waals surface area contributed by atoms with Gasteiger partial charge in [0, 0.05) is 25.7 Å². The molecule has 0 amide bonds. The van der Waals surface area contributed by atoms with Gasteiger partial charge < -0.3 is 11.1 Å². The number of nitrogens with two attached hydrogens (primary N) is 1. The van der Waals surface area contributed by atoms with Gasteiger partial charge in [0.05, 0.1) is 11.4 Å². The molecule has 2 aliphatic carbocycles. The van der Waals surface area contributed by atoms with Gasteiger partial charge in [0.2, 0.25) is 0 Å². The number of allylic oxidation sites excluding steroid dienone is 1. The van der Waals surface area contributed by atoms with E-state index in [1.54, 1.807) is 11.1 Å². The fraction of sp³-hybridized carbons (Fsp3) is 0.619. The fourth-order valence-corrected chi connectivity index (χ4v) is 4.98. The van der Waals surface area contributed by atoms with Crippen LogP contribution < -0.4 is 11.1 Å². The molecule has 1 saturated heterocycles. The lowest BCUT2D eigenvalue weighted by atomic mass is 9.44.